The summed E-state index contributed by atoms with van der Waals surface area (Å²) in [5, 5.41) is 20.6. The van der Waals surface area contributed by atoms with Crippen molar-refractivity contribution in [2.75, 3.05) is 13.7 Å². The number of nitrogens with zero attached hydrogens (tertiary/aromatic N) is 4. The Kier molecular flexibility index (Phi) is 3.86. The normalized spacial score (nSPS) is 12.7. The van der Waals surface area contributed by atoms with Crippen LogP contribution >= 0.6 is 0 Å². The molecule has 21 heavy (non-hydrogen) atoms. The molecule has 0 aliphatic rings. The second-order valence-corrected chi connectivity index (χ2v) is 4.38. The van der Waals surface area contributed by atoms with Gasteiger partial charge in [-0.3, -0.25) is 14.3 Å². The molecule has 0 saturated carbocycles. The summed E-state index contributed by atoms with van der Waals surface area (Å²) in [5.74, 6) is -0.573. The third-order valence-corrected chi connectivity index (χ3v) is 2.91. The predicted octanol–water partition coefficient (Wildman–Crippen LogP) is -1.66. The highest BCUT2D eigenvalue weighted by atomic mass is 16.6. The third kappa shape index (κ3) is 2.55. The van der Waals surface area contributed by atoms with Crippen LogP contribution in [0.3, 0.4) is 0 Å². The van der Waals surface area contributed by atoms with E-state index in [0.29, 0.717) is 0 Å². The van der Waals surface area contributed by atoms with Crippen molar-refractivity contribution in [2.45, 2.75) is 12.6 Å². The first-order valence-electron chi connectivity index (χ1n) is 5.87. The molecule has 2 rings (SSSR count). The van der Waals surface area contributed by atoms with Gasteiger partial charge in [0.25, 0.3) is 11.2 Å². The van der Waals surface area contributed by atoms with Crippen molar-refractivity contribution in [3.63, 3.8) is 0 Å². The quantitative estimate of drug-likeness (QED) is 0.496. The van der Waals surface area contributed by atoms with Gasteiger partial charge in [-0.25, -0.2) is 9.36 Å². The van der Waals surface area contributed by atoms with Crippen LogP contribution in [0.2, 0.25) is 0 Å². The van der Waals surface area contributed by atoms with Gasteiger partial charge in [-0.1, -0.05) is 0 Å². The van der Waals surface area contributed by atoms with Crippen LogP contribution < -0.4 is 11.2 Å². The van der Waals surface area contributed by atoms with Crippen molar-refractivity contribution in [2.24, 2.45) is 7.05 Å². The Hall–Kier alpha value is -2.53. The SMILES string of the molecule is COCC(O)Cn1c(=O)[nH]c(=O)c2c1nc([N+](=O)[O-])n2C. The number of fused-ring (bicyclic) bond motifs is 1. The Morgan fingerprint density at radius 1 is 1.52 bits per heavy atom. The Labute approximate surface area is 116 Å². The molecule has 2 aromatic rings. The summed E-state index contributed by atoms with van der Waals surface area (Å²) in [6.45, 7) is -0.254. The van der Waals surface area contributed by atoms with E-state index < -0.39 is 28.2 Å². The van der Waals surface area contributed by atoms with Crippen molar-refractivity contribution in [3.8, 4) is 0 Å². The predicted molar refractivity (Wildman–Crippen MR) is 70.1 cm³/mol. The van der Waals surface area contributed by atoms with Gasteiger partial charge in [0.2, 0.25) is 5.52 Å². The number of imidazole rings is 1. The van der Waals surface area contributed by atoms with E-state index in [1.54, 1.807) is 0 Å². The highest BCUT2D eigenvalue weighted by Crippen LogP contribution is 2.15. The molecule has 0 bridgehead atoms. The fraction of sp³-hybridized carbons (Fsp3) is 0.500. The molecule has 0 aliphatic heterocycles. The molecule has 2 N–H and O–H groups in total. The number of aromatic amines is 1. The second-order valence-electron chi connectivity index (χ2n) is 4.38. The molecule has 2 heterocycles. The Morgan fingerprint density at radius 3 is 2.76 bits per heavy atom. The van der Waals surface area contributed by atoms with Crippen LogP contribution in [0.15, 0.2) is 9.59 Å². The smallest absolute Gasteiger partial charge is 0.390 e. The van der Waals surface area contributed by atoms with Crippen LogP contribution in [0.1, 0.15) is 0 Å². The molecule has 11 heteroatoms. The van der Waals surface area contributed by atoms with Crippen molar-refractivity contribution in [1.29, 1.82) is 0 Å². The number of nitro groups is 1. The molecule has 1 atom stereocenters. The lowest BCUT2D eigenvalue weighted by molar-refractivity contribution is -0.396. The van der Waals surface area contributed by atoms with Crippen LogP contribution in [0.5, 0.6) is 0 Å². The molecule has 11 nitrogen and oxygen atoms in total. The molecule has 0 aliphatic carbocycles. The molecule has 0 aromatic carbocycles. The maximum atomic E-state index is 11.8. The molecule has 114 valence electrons. The zero-order valence-corrected chi connectivity index (χ0v) is 11.3. The average Bonchev–Trinajstić information content (AvgIpc) is 2.73. The van der Waals surface area contributed by atoms with Gasteiger partial charge in [0, 0.05) is 7.11 Å². The van der Waals surface area contributed by atoms with E-state index in [-0.39, 0.29) is 24.3 Å². The number of aliphatic hydroxyl groups is 1. The standard InChI is InChI=1S/C10H13N5O6/c1-13-6-7(11-9(13)15(19)20)14(3-5(16)4-21-2)10(18)12-8(6)17/h5,16H,3-4H2,1-2H3,(H,12,17,18). The van der Waals surface area contributed by atoms with Crippen LogP contribution in [-0.2, 0) is 18.3 Å². The van der Waals surface area contributed by atoms with Crippen LogP contribution in [-0.4, -0.2) is 49.0 Å². The Morgan fingerprint density at radius 2 is 2.19 bits per heavy atom. The number of nitrogens with one attached hydrogen (secondary N) is 1. The van der Waals surface area contributed by atoms with Gasteiger partial charge in [0.1, 0.15) is 0 Å². The van der Waals surface area contributed by atoms with Gasteiger partial charge in [-0.05, 0) is 9.91 Å². The van der Waals surface area contributed by atoms with Gasteiger partial charge in [-0.2, -0.15) is 0 Å². The first kappa shape index (κ1) is 14.9. The summed E-state index contributed by atoms with van der Waals surface area (Å²) in [4.78, 5) is 39.5. The van der Waals surface area contributed by atoms with E-state index >= 15 is 0 Å². The highest BCUT2D eigenvalue weighted by molar-refractivity contribution is 5.72. The van der Waals surface area contributed by atoms with Crippen LogP contribution in [0.4, 0.5) is 5.95 Å². The molecule has 0 radical (unpaired) electrons. The number of rotatable bonds is 5. The molecular formula is C10H13N5O6. The summed E-state index contributed by atoms with van der Waals surface area (Å²) in [5.41, 5.74) is -1.87. The summed E-state index contributed by atoms with van der Waals surface area (Å²) in [6, 6.07) is 0. The van der Waals surface area contributed by atoms with Gasteiger partial charge < -0.3 is 20.0 Å². The van der Waals surface area contributed by atoms with Crippen molar-refractivity contribution in [1.82, 2.24) is 19.1 Å². The van der Waals surface area contributed by atoms with Crippen molar-refractivity contribution >= 4 is 17.1 Å². The number of ether oxygens (including phenoxy) is 1. The minimum Gasteiger partial charge on any atom is -0.390 e. The van der Waals surface area contributed by atoms with Crippen LogP contribution in [0.25, 0.3) is 11.2 Å². The monoisotopic (exact) mass is 299 g/mol. The van der Waals surface area contributed by atoms with Crippen LogP contribution in [0, 0.1) is 10.1 Å². The van der Waals surface area contributed by atoms with Gasteiger partial charge in [-0.15, -0.1) is 0 Å². The Bertz CT molecular complexity index is 803. The lowest BCUT2D eigenvalue weighted by Gasteiger charge is -2.10. The highest BCUT2D eigenvalue weighted by Gasteiger charge is 2.26. The molecule has 0 spiro atoms. The zero-order chi connectivity index (χ0) is 15.7. The molecule has 1 unspecified atom stereocenters. The maximum Gasteiger partial charge on any atom is 0.437 e. The van der Waals surface area contributed by atoms with Gasteiger partial charge in [0.15, 0.2) is 0 Å². The molecule has 0 saturated heterocycles. The number of aryl methyl sites for hydroxylation is 1. The molecule has 2 aromatic heterocycles. The van der Waals surface area contributed by atoms with E-state index in [2.05, 4.69) is 4.98 Å². The van der Waals surface area contributed by atoms with E-state index in [1.807, 2.05) is 4.98 Å². The average molecular weight is 299 g/mol. The van der Waals surface area contributed by atoms with Crippen molar-refractivity contribution in [3.05, 3.63) is 31.0 Å². The third-order valence-electron chi connectivity index (χ3n) is 2.91. The largest absolute Gasteiger partial charge is 0.437 e. The molecular weight excluding hydrogens is 286 g/mol. The maximum absolute atomic E-state index is 11.8. The Balaban J connectivity index is 2.71. The summed E-state index contributed by atoms with van der Waals surface area (Å²) in [7, 11) is 2.67. The fourth-order valence-electron chi connectivity index (χ4n) is 2.02. The van der Waals surface area contributed by atoms with E-state index in [1.165, 1.54) is 14.2 Å². The fourth-order valence-corrected chi connectivity index (χ4v) is 2.02. The van der Waals surface area contributed by atoms with E-state index in [9.17, 15) is 24.8 Å². The van der Waals surface area contributed by atoms with Crippen molar-refractivity contribution < 1.29 is 14.8 Å². The number of methoxy groups -OCH3 is 1. The number of hydrogen-bond donors (Lipinski definition) is 2. The van der Waals surface area contributed by atoms with E-state index in [0.717, 1.165) is 9.13 Å². The zero-order valence-electron chi connectivity index (χ0n) is 11.3. The first-order valence-corrected chi connectivity index (χ1v) is 5.87. The number of hydrogen-bond acceptors (Lipinski definition) is 7. The topological polar surface area (TPSA) is 145 Å². The minimum atomic E-state index is -1.03. The number of aromatic nitrogens is 4. The minimum absolute atomic E-state index is 0.0397. The summed E-state index contributed by atoms with van der Waals surface area (Å²) in [6.07, 6.45) is -1.03. The summed E-state index contributed by atoms with van der Waals surface area (Å²) < 4.78 is 6.69. The second kappa shape index (κ2) is 5.46. The van der Waals surface area contributed by atoms with Gasteiger partial charge >= 0.3 is 11.6 Å². The molecule has 0 fully saturated rings. The van der Waals surface area contributed by atoms with Gasteiger partial charge in [0.05, 0.1) is 26.3 Å². The lowest BCUT2D eigenvalue weighted by Crippen LogP contribution is -2.35. The first-order chi connectivity index (χ1) is 9.86. The lowest BCUT2D eigenvalue weighted by atomic mass is 10.3. The summed E-state index contributed by atoms with van der Waals surface area (Å²) >= 11 is 0. The van der Waals surface area contributed by atoms with E-state index in [4.69, 9.17) is 4.74 Å². The number of H-pyrrole nitrogens is 1. The number of aliphatic hydroxyl groups excluding tert-OH is 1. The molecule has 0 amide bonds.